The highest BCUT2D eigenvalue weighted by molar-refractivity contribution is 5.80. The molecule has 29 heavy (non-hydrogen) atoms. The molecule has 1 amide bonds. The molecule has 0 spiro atoms. The second kappa shape index (κ2) is 12.3. The van der Waals surface area contributed by atoms with Crippen LogP contribution in [0.3, 0.4) is 0 Å². The SMILES string of the molecule is CCNC(=NCC(CC)(CC)CCO)NC1CCC(NC(=O)OC(C)(C)C)CC1. The fraction of sp³-hybridized carbons (Fsp3) is 0.909. The number of nitrogens with zero attached hydrogens (tertiary/aromatic N) is 1. The van der Waals surface area contributed by atoms with Crippen LogP contribution in [0.25, 0.3) is 0 Å². The zero-order valence-electron chi connectivity index (χ0n) is 19.4. The molecule has 1 aliphatic carbocycles. The Labute approximate surface area is 177 Å². The van der Waals surface area contributed by atoms with E-state index in [-0.39, 0.29) is 24.2 Å². The van der Waals surface area contributed by atoms with E-state index in [1.54, 1.807) is 0 Å². The molecule has 0 aromatic carbocycles. The Hall–Kier alpha value is -1.50. The van der Waals surface area contributed by atoms with Gasteiger partial charge in [-0.15, -0.1) is 0 Å². The van der Waals surface area contributed by atoms with Crippen LogP contribution >= 0.6 is 0 Å². The minimum atomic E-state index is -0.470. The molecule has 1 rings (SSSR count). The van der Waals surface area contributed by atoms with Crippen molar-refractivity contribution in [2.75, 3.05) is 19.7 Å². The molecule has 0 aliphatic heterocycles. The lowest BCUT2D eigenvalue weighted by Crippen LogP contribution is -2.48. The van der Waals surface area contributed by atoms with Crippen molar-refractivity contribution in [3.8, 4) is 0 Å². The summed E-state index contributed by atoms with van der Waals surface area (Å²) in [6.07, 6.45) is 6.28. The van der Waals surface area contributed by atoms with Gasteiger partial charge in [0.05, 0.1) is 0 Å². The molecule has 0 bridgehead atoms. The summed E-state index contributed by atoms with van der Waals surface area (Å²) < 4.78 is 5.36. The molecule has 170 valence electrons. The van der Waals surface area contributed by atoms with E-state index in [0.29, 0.717) is 12.6 Å². The number of rotatable bonds is 9. The quantitative estimate of drug-likeness (QED) is 0.343. The Morgan fingerprint density at radius 3 is 2.03 bits per heavy atom. The van der Waals surface area contributed by atoms with Crippen LogP contribution in [0.2, 0.25) is 0 Å². The van der Waals surface area contributed by atoms with Crippen LogP contribution in [0.15, 0.2) is 4.99 Å². The van der Waals surface area contributed by atoms with Crippen LogP contribution in [0, 0.1) is 5.41 Å². The summed E-state index contributed by atoms with van der Waals surface area (Å²) in [6, 6.07) is 0.514. The van der Waals surface area contributed by atoms with Crippen molar-refractivity contribution in [3.05, 3.63) is 0 Å². The summed E-state index contributed by atoms with van der Waals surface area (Å²) in [5.74, 6) is 0.847. The summed E-state index contributed by atoms with van der Waals surface area (Å²) in [6.45, 7) is 13.8. The van der Waals surface area contributed by atoms with E-state index in [2.05, 4.69) is 36.7 Å². The minimum Gasteiger partial charge on any atom is -0.444 e. The Morgan fingerprint density at radius 1 is 1.03 bits per heavy atom. The van der Waals surface area contributed by atoms with Crippen LogP contribution in [0.4, 0.5) is 4.79 Å². The van der Waals surface area contributed by atoms with Crippen molar-refractivity contribution in [3.63, 3.8) is 0 Å². The summed E-state index contributed by atoms with van der Waals surface area (Å²) in [7, 11) is 0. The van der Waals surface area contributed by atoms with Gasteiger partial charge in [-0.2, -0.15) is 0 Å². The Kier molecular flexibility index (Phi) is 10.8. The van der Waals surface area contributed by atoms with E-state index < -0.39 is 5.60 Å². The van der Waals surface area contributed by atoms with Crippen molar-refractivity contribution in [2.24, 2.45) is 10.4 Å². The smallest absolute Gasteiger partial charge is 0.407 e. The van der Waals surface area contributed by atoms with Crippen molar-refractivity contribution in [2.45, 2.75) is 104 Å². The number of carbonyl (C=O) groups is 1. The van der Waals surface area contributed by atoms with Gasteiger partial charge in [-0.05, 0) is 78.1 Å². The lowest BCUT2D eigenvalue weighted by molar-refractivity contribution is 0.0490. The molecule has 0 radical (unpaired) electrons. The summed E-state index contributed by atoms with van der Waals surface area (Å²) in [5, 5.41) is 19.3. The van der Waals surface area contributed by atoms with Gasteiger partial charge in [-0.3, -0.25) is 4.99 Å². The van der Waals surface area contributed by atoms with Gasteiger partial charge in [-0.25, -0.2) is 4.79 Å². The van der Waals surface area contributed by atoms with Crippen LogP contribution in [-0.2, 0) is 4.74 Å². The van der Waals surface area contributed by atoms with Crippen LogP contribution < -0.4 is 16.0 Å². The molecule has 1 fully saturated rings. The van der Waals surface area contributed by atoms with Crippen molar-refractivity contribution < 1.29 is 14.6 Å². The standard InChI is InChI=1S/C22H44N4O3/c1-7-22(8-2,14-15-27)16-24-19(23-9-3)25-17-10-12-18(13-11-17)26-20(28)29-21(4,5)6/h17-18,27H,7-16H2,1-6H3,(H,26,28)(H2,23,24,25). The number of aliphatic hydroxyl groups is 1. The molecular formula is C22H44N4O3. The Bertz CT molecular complexity index is 505. The zero-order valence-corrected chi connectivity index (χ0v) is 19.4. The number of nitrogens with one attached hydrogen (secondary N) is 3. The number of carbonyl (C=O) groups excluding carboxylic acids is 1. The summed E-state index contributed by atoms with van der Waals surface area (Å²) in [4.78, 5) is 16.8. The number of alkyl carbamates (subject to hydrolysis) is 1. The fourth-order valence-corrected chi connectivity index (χ4v) is 3.76. The van der Waals surface area contributed by atoms with Gasteiger partial charge in [-0.1, -0.05) is 13.8 Å². The first kappa shape index (κ1) is 25.5. The van der Waals surface area contributed by atoms with Crippen molar-refractivity contribution in [1.82, 2.24) is 16.0 Å². The maximum atomic E-state index is 12.0. The van der Waals surface area contributed by atoms with Crippen LogP contribution in [0.1, 0.15) is 86.5 Å². The van der Waals surface area contributed by atoms with Gasteiger partial charge in [0.1, 0.15) is 5.60 Å². The molecule has 0 atom stereocenters. The third-order valence-electron chi connectivity index (χ3n) is 5.85. The number of hydrogen-bond acceptors (Lipinski definition) is 4. The second-order valence-electron chi connectivity index (χ2n) is 9.21. The number of aliphatic hydroxyl groups excluding tert-OH is 1. The molecule has 0 aromatic heterocycles. The lowest BCUT2D eigenvalue weighted by Gasteiger charge is -2.32. The van der Waals surface area contributed by atoms with Gasteiger partial charge in [0.2, 0.25) is 0 Å². The lowest BCUT2D eigenvalue weighted by atomic mass is 9.79. The van der Waals surface area contributed by atoms with E-state index >= 15 is 0 Å². The largest absolute Gasteiger partial charge is 0.444 e. The second-order valence-corrected chi connectivity index (χ2v) is 9.21. The number of hydrogen-bond donors (Lipinski definition) is 4. The van der Waals surface area contributed by atoms with E-state index in [4.69, 9.17) is 9.73 Å². The molecule has 0 unspecified atom stereocenters. The molecule has 0 heterocycles. The van der Waals surface area contributed by atoms with Gasteiger partial charge in [0.15, 0.2) is 5.96 Å². The molecule has 1 saturated carbocycles. The number of guanidine groups is 1. The molecular weight excluding hydrogens is 368 g/mol. The first-order valence-electron chi connectivity index (χ1n) is 11.3. The third-order valence-corrected chi connectivity index (χ3v) is 5.85. The monoisotopic (exact) mass is 412 g/mol. The molecule has 1 aliphatic rings. The van der Waals surface area contributed by atoms with Gasteiger partial charge < -0.3 is 25.8 Å². The molecule has 4 N–H and O–H groups in total. The number of amides is 1. The third kappa shape index (κ3) is 9.70. The molecule has 0 saturated heterocycles. The van der Waals surface area contributed by atoms with E-state index in [1.165, 1.54) is 0 Å². The number of aliphatic imine (C=N–C) groups is 1. The van der Waals surface area contributed by atoms with Gasteiger partial charge >= 0.3 is 6.09 Å². The molecule has 7 nitrogen and oxygen atoms in total. The van der Waals surface area contributed by atoms with E-state index in [9.17, 15) is 9.90 Å². The average molecular weight is 413 g/mol. The van der Waals surface area contributed by atoms with Crippen LogP contribution in [-0.4, -0.2) is 54.5 Å². The predicted octanol–water partition coefficient (Wildman–Crippen LogP) is 3.57. The highest BCUT2D eigenvalue weighted by Crippen LogP contribution is 2.30. The number of ether oxygens (including phenoxy) is 1. The molecule has 7 heteroatoms. The Morgan fingerprint density at radius 2 is 1.59 bits per heavy atom. The van der Waals surface area contributed by atoms with Crippen molar-refractivity contribution >= 4 is 12.1 Å². The average Bonchev–Trinajstić information content (AvgIpc) is 2.65. The van der Waals surface area contributed by atoms with Gasteiger partial charge in [0.25, 0.3) is 0 Å². The predicted molar refractivity (Wildman–Crippen MR) is 119 cm³/mol. The van der Waals surface area contributed by atoms with Gasteiger partial charge in [0, 0.05) is 31.8 Å². The van der Waals surface area contributed by atoms with E-state index in [1.807, 2.05) is 20.8 Å². The summed E-state index contributed by atoms with van der Waals surface area (Å²) in [5.41, 5.74) is -0.408. The fourth-order valence-electron chi connectivity index (χ4n) is 3.76. The molecule has 0 aromatic rings. The Balaban J connectivity index is 2.56. The topological polar surface area (TPSA) is 95.0 Å². The summed E-state index contributed by atoms with van der Waals surface area (Å²) >= 11 is 0. The van der Waals surface area contributed by atoms with Crippen LogP contribution in [0.5, 0.6) is 0 Å². The normalized spacial score (nSPS) is 20.9. The first-order valence-corrected chi connectivity index (χ1v) is 11.3. The van der Waals surface area contributed by atoms with Crippen molar-refractivity contribution in [1.29, 1.82) is 0 Å². The highest BCUT2D eigenvalue weighted by Gasteiger charge is 2.27. The maximum Gasteiger partial charge on any atom is 0.407 e. The highest BCUT2D eigenvalue weighted by atomic mass is 16.6. The maximum absolute atomic E-state index is 12.0. The van der Waals surface area contributed by atoms with E-state index in [0.717, 1.165) is 57.5 Å². The first-order chi connectivity index (χ1) is 13.7. The minimum absolute atomic E-state index is 0.0616. The zero-order chi connectivity index (χ0) is 21.9.